The molecule has 0 aromatic heterocycles. The third-order valence-corrected chi connectivity index (χ3v) is 2.39. The summed E-state index contributed by atoms with van der Waals surface area (Å²) in [6, 6.07) is 8.51. The quantitative estimate of drug-likeness (QED) is 0.703. The van der Waals surface area contributed by atoms with E-state index in [0.29, 0.717) is 6.04 Å². The number of anilines is 2. The van der Waals surface area contributed by atoms with Gasteiger partial charge in [-0.2, -0.15) is 0 Å². The van der Waals surface area contributed by atoms with Crippen LogP contribution < -0.4 is 11.1 Å². The Balaban J connectivity index is 2.57. The number of nitrogens with two attached hydrogens (primary N) is 1. The van der Waals surface area contributed by atoms with Crippen molar-refractivity contribution in [1.82, 2.24) is 0 Å². The minimum Gasteiger partial charge on any atom is -0.399 e. The Bertz CT molecular complexity index is 271. The number of rotatable bonds is 5. The van der Waals surface area contributed by atoms with Crippen LogP contribution in [0.4, 0.5) is 11.4 Å². The van der Waals surface area contributed by atoms with Crippen molar-refractivity contribution in [3.63, 3.8) is 0 Å². The average molecular weight is 192 g/mol. The molecule has 2 nitrogen and oxygen atoms in total. The maximum Gasteiger partial charge on any atom is 0.0362 e. The second-order valence-electron chi connectivity index (χ2n) is 3.66. The van der Waals surface area contributed by atoms with Crippen molar-refractivity contribution in [1.29, 1.82) is 0 Å². The zero-order chi connectivity index (χ0) is 10.4. The molecule has 3 N–H and O–H groups in total. The predicted octanol–water partition coefficient (Wildman–Crippen LogP) is 3.26. The summed E-state index contributed by atoms with van der Waals surface area (Å²) in [7, 11) is 0. The number of hydrogen-bond donors (Lipinski definition) is 2. The van der Waals surface area contributed by atoms with Gasteiger partial charge in [-0.1, -0.05) is 26.3 Å². The maximum atomic E-state index is 5.71. The Hall–Kier alpha value is -1.18. The van der Waals surface area contributed by atoms with E-state index in [-0.39, 0.29) is 0 Å². The minimum atomic E-state index is 0.571. The topological polar surface area (TPSA) is 38.0 Å². The smallest absolute Gasteiger partial charge is 0.0362 e. The summed E-state index contributed by atoms with van der Waals surface area (Å²) in [5, 5.41) is 3.49. The first-order chi connectivity index (χ1) is 6.76. The van der Waals surface area contributed by atoms with Gasteiger partial charge in [-0.05, 0) is 31.0 Å². The van der Waals surface area contributed by atoms with Crippen molar-refractivity contribution in [2.24, 2.45) is 0 Å². The van der Waals surface area contributed by atoms with Gasteiger partial charge < -0.3 is 11.1 Å². The van der Waals surface area contributed by atoms with Gasteiger partial charge >= 0.3 is 0 Å². The van der Waals surface area contributed by atoms with Gasteiger partial charge in [0.2, 0.25) is 0 Å². The van der Waals surface area contributed by atoms with Gasteiger partial charge in [0.05, 0.1) is 0 Å². The van der Waals surface area contributed by atoms with Crippen LogP contribution in [0.15, 0.2) is 24.3 Å². The van der Waals surface area contributed by atoms with E-state index in [9.17, 15) is 0 Å². The lowest BCUT2D eigenvalue weighted by Gasteiger charge is -2.17. The van der Waals surface area contributed by atoms with Crippen LogP contribution in [-0.2, 0) is 0 Å². The molecule has 0 aliphatic carbocycles. The molecule has 1 unspecified atom stereocenters. The van der Waals surface area contributed by atoms with E-state index < -0.39 is 0 Å². The van der Waals surface area contributed by atoms with Crippen molar-refractivity contribution in [3.8, 4) is 0 Å². The maximum absolute atomic E-state index is 5.71. The second-order valence-corrected chi connectivity index (χ2v) is 3.66. The molecule has 1 aromatic carbocycles. The molecule has 0 aliphatic rings. The lowest BCUT2D eigenvalue weighted by molar-refractivity contribution is 0.623. The van der Waals surface area contributed by atoms with E-state index in [1.165, 1.54) is 12.8 Å². The fourth-order valence-electron chi connectivity index (χ4n) is 1.59. The van der Waals surface area contributed by atoms with E-state index >= 15 is 0 Å². The molecule has 0 fully saturated rings. The minimum absolute atomic E-state index is 0.571. The summed E-state index contributed by atoms with van der Waals surface area (Å²) in [5.41, 5.74) is 7.66. The SMILES string of the molecule is CCCC(CC)Nc1cccc(N)c1. The van der Waals surface area contributed by atoms with Crippen LogP contribution in [0.25, 0.3) is 0 Å². The molecular formula is C12H20N2. The Morgan fingerprint density at radius 2 is 2.14 bits per heavy atom. The van der Waals surface area contributed by atoms with Crippen molar-refractivity contribution < 1.29 is 0 Å². The molecule has 0 amide bonds. The number of nitrogen functional groups attached to an aromatic ring is 1. The monoisotopic (exact) mass is 192 g/mol. The van der Waals surface area contributed by atoms with E-state index in [1.807, 2.05) is 18.2 Å². The van der Waals surface area contributed by atoms with Crippen LogP contribution >= 0.6 is 0 Å². The third kappa shape index (κ3) is 3.29. The molecule has 0 heterocycles. The van der Waals surface area contributed by atoms with E-state index in [0.717, 1.165) is 17.8 Å². The molecule has 1 rings (SSSR count). The molecule has 0 radical (unpaired) electrons. The van der Waals surface area contributed by atoms with Gasteiger partial charge in [0, 0.05) is 17.4 Å². The van der Waals surface area contributed by atoms with Crippen molar-refractivity contribution in [2.45, 2.75) is 39.2 Å². The molecule has 0 saturated heterocycles. The lowest BCUT2D eigenvalue weighted by atomic mass is 10.1. The summed E-state index contributed by atoms with van der Waals surface area (Å²) in [4.78, 5) is 0. The molecule has 78 valence electrons. The van der Waals surface area contributed by atoms with Gasteiger partial charge in [-0.25, -0.2) is 0 Å². The van der Waals surface area contributed by atoms with E-state index in [4.69, 9.17) is 5.73 Å². The Labute approximate surface area is 86.5 Å². The van der Waals surface area contributed by atoms with Gasteiger partial charge in [-0.15, -0.1) is 0 Å². The van der Waals surface area contributed by atoms with Crippen molar-refractivity contribution >= 4 is 11.4 Å². The van der Waals surface area contributed by atoms with Crippen LogP contribution in [0.3, 0.4) is 0 Å². The molecule has 14 heavy (non-hydrogen) atoms. The van der Waals surface area contributed by atoms with Crippen LogP contribution in [0, 0.1) is 0 Å². The summed E-state index contributed by atoms with van der Waals surface area (Å²) < 4.78 is 0. The van der Waals surface area contributed by atoms with E-state index in [2.05, 4.69) is 25.2 Å². The Kier molecular flexibility index (Phi) is 4.30. The van der Waals surface area contributed by atoms with Crippen molar-refractivity contribution in [3.05, 3.63) is 24.3 Å². The predicted molar refractivity (Wildman–Crippen MR) is 63.5 cm³/mol. The third-order valence-electron chi connectivity index (χ3n) is 2.39. The highest BCUT2D eigenvalue weighted by Gasteiger charge is 2.03. The van der Waals surface area contributed by atoms with Gasteiger partial charge in [0.15, 0.2) is 0 Å². The van der Waals surface area contributed by atoms with E-state index in [1.54, 1.807) is 0 Å². The largest absolute Gasteiger partial charge is 0.399 e. The number of hydrogen-bond acceptors (Lipinski definition) is 2. The van der Waals surface area contributed by atoms with Crippen molar-refractivity contribution in [2.75, 3.05) is 11.1 Å². The van der Waals surface area contributed by atoms with Crippen LogP contribution in [-0.4, -0.2) is 6.04 Å². The molecule has 1 aromatic rings. The highest BCUT2D eigenvalue weighted by molar-refractivity contribution is 5.54. The van der Waals surface area contributed by atoms with Crippen LogP contribution in [0.5, 0.6) is 0 Å². The Morgan fingerprint density at radius 1 is 1.36 bits per heavy atom. The normalized spacial score (nSPS) is 12.4. The lowest BCUT2D eigenvalue weighted by Crippen LogP contribution is -2.17. The van der Waals surface area contributed by atoms with Crippen LogP contribution in [0.2, 0.25) is 0 Å². The summed E-state index contributed by atoms with van der Waals surface area (Å²) in [6.45, 7) is 4.42. The fraction of sp³-hybridized carbons (Fsp3) is 0.500. The average Bonchev–Trinajstić information content (AvgIpc) is 2.17. The zero-order valence-corrected chi connectivity index (χ0v) is 9.09. The first kappa shape index (κ1) is 10.9. The molecule has 0 spiro atoms. The highest BCUT2D eigenvalue weighted by Crippen LogP contribution is 2.15. The molecular weight excluding hydrogens is 172 g/mol. The number of nitrogens with one attached hydrogen (secondary N) is 1. The van der Waals surface area contributed by atoms with Gasteiger partial charge in [0.1, 0.15) is 0 Å². The zero-order valence-electron chi connectivity index (χ0n) is 9.09. The molecule has 0 bridgehead atoms. The molecule has 2 heteroatoms. The number of benzene rings is 1. The molecule has 1 atom stereocenters. The first-order valence-electron chi connectivity index (χ1n) is 5.38. The standard InChI is InChI=1S/C12H20N2/c1-3-6-11(4-2)14-12-8-5-7-10(13)9-12/h5,7-9,11,14H,3-4,6,13H2,1-2H3. The Morgan fingerprint density at radius 3 is 2.71 bits per heavy atom. The van der Waals surface area contributed by atoms with Gasteiger partial charge in [-0.3, -0.25) is 0 Å². The molecule has 0 saturated carbocycles. The molecule has 0 aliphatic heterocycles. The summed E-state index contributed by atoms with van der Waals surface area (Å²) in [5.74, 6) is 0. The highest BCUT2D eigenvalue weighted by atomic mass is 14.9. The fourth-order valence-corrected chi connectivity index (χ4v) is 1.59. The first-order valence-corrected chi connectivity index (χ1v) is 5.38. The van der Waals surface area contributed by atoms with Gasteiger partial charge in [0.25, 0.3) is 0 Å². The van der Waals surface area contributed by atoms with Crippen LogP contribution in [0.1, 0.15) is 33.1 Å². The second kappa shape index (κ2) is 5.53. The summed E-state index contributed by atoms with van der Waals surface area (Å²) in [6.07, 6.45) is 3.59. The summed E-state index contributed by atoms with van der Waals surface area (Å²) >= 11 is 0.